The average molecular weight is 213 g/mol. The van der Waals surface area contributed by atoms with E-state index >= 15 is 0 Å². The summed E-state index contributed by atoms with van der Waals surface area (Å²) in [6, 6.07) is 2.00. The van der Waals surface area contributed by atoms with Crippen molar-refractivity contribution in [2.24, 2.45) is 5.73 Å². The van der Waals surface area contributed by atoms with Gasteiger partial charge in [0, 0.05) is 0 Å². The number of carbonyl (C=O) groups is 1. The minimum Gasteiger partial charge on any atom is -0.504 e. The van der Waals surface area contributed by atoms with Gasteiger partial charge in [0.2, 0.25) is 0 Å². The van der Waals surface area contributed by atoms with Crippen LogP contribution in [0.5, 0.6) is 11.5 Å². The molecule has 0 radical (unpaired) electrons. The zero-order chi connectivity index (χ0) is 11.6. The Balaban J connectivity index is 2.96. The summed E-state index contributed by atoms with van der Waals surface area (Å²) < 4.78 is 0. The highest BCUT2D eigenvalue weighted by molar-refractivity contribution is 5.74. The Morgan fingerprint density at radius 1 is 1.27 bits per heavy atom. The molecule has 0 aliphatic heterocycles. The van der Waals surface area contributed by atoms with E-state index in [2.05, 4.69) is 0 Å². The molecule has 82 valence electrons. The molecule has 1 unspecified atom stereocenters. The second-order valence-corrected chi connectivity index (χ2v) is 3.06. The van der Waals surface area contributed by atoms with Crippen LogP contribution in [0.4, 0.5) is 0 Å². The number of rotatable bonds is 3. The van der Waals surface area contributed by atoms with Gasteiger partial charge in [-0.3, -0.25) is 4.79 Å². The third-order valence-electron chi connectivity index (χ3n) is 1.97. The largest absolute Gasteiger partial charge is 0.504 e. The maximum atomic E-state index is 10.5. The minimum atomic E-state index is -1.48. The summed E-state index contributed by atoms with van der Waals surface area (Å²) in [6.45, 7) is 0. The normalized spacial score (nSPS) is 14.5. The van der Waals surface area contributed by atoms with E-state index in [9.17, 15) is 9.90 Å². The molecule has 0 aliphatic carbocycles. The van der Waals surface area contributed by atoms with Crippen molar-refractivity contribution in [3.8, 4) is 11.5 Å². The summed E-state index contributed by atoms with van der Waals surface area (Å²) in [7, 11) is 0. The maximum Gasteiger partial charge on any atom is 0.323 e. The van der Waals surface area contributed by atoms with Gasteiger partial charge in [-0.05, 0) is 17.7 Å². The van der Waals surface area contributed by atoms with E-state index < -0.39 is 23.9 Å². The third kappa shape index (κ3) is 2.36. The zero-order valence-electron chi connectivity index (χ0n) is 7.66. The molecule has 2 atom stereocenters. The molecule has 0 saturated heterocycles. The summed E-state index contributed by atoms with van der Waals surface area (Å²) in [5, 5.41) is 36.1. The SMILES string of the molecule is N[C@H](C(=O)O)C(O)c1ccc(O)c(O)c1. The predicted molar refractivity (Wildman–Crippen MR) is 50.3 cm³/mol. The number of aliphatic carboxylic acids is 1. The lowest BCUT2D eigenvalue weighted by molar-refractivity contribution is -0.141. The van der Waals surface area contributed by atoms with Gasteiger partial charge < -0.3 is 26.2 Å². The number of hydrogen-bond donors (Lipinski definition) is 5. The first kappa shape index (κ1) is 11.3. The van der Waals surface area contributed by atoms with E-state index in [0.29, 0.717) is 0 Å². The fraction of sp³-hybridized carbons (Fsp3) is 0.222. The minimum absolute atomic E-state index is 0.125. The number of carboxylic acids is 1. The molecule has 0 aliphatic rings. The molecule has 1 rings (SSSR count). The van der Waals surface area contributed by atoms with E-state index in [-0.39, 0.29) is 11.3 Å². The van der Waals surface area contributed by atoms with E-state index in [1.807, 2.05) is 0 Å². The van der Waals surface area contributed by atoms with Crippen LogP contribution in [-0.2, 0) is 4.79 Å². The van der Waals surface area contributed by atoms with Crippen molar-refractivity contribution in [2.45, 2.75) is 12.1 Å². The second-order valence-electron chi connectivity index (χ2n) is 3.06. The van der Waals surface area contributed by atoms with Crippen molar-refractivity contribution in [1.82, 2.24) is 0 Å². The highest BCUT2D eigenvalue weighted by Gasteiger charge is 2.24. The highest BCUT2D eigenvalue weighted by Crippen LogP contribution is 2.28. The average Bonchev–Trinajstić information content (AvgIpc) is 2.19. The molecule has 15 heavy (non-hydrogen) atoms. The Hall–Kier alpha value is -1.79. The Morgan fingerprint density at radius 2 is 1.87 bits per heavy atom. The van der Waals surface area contributed by atoms with E-state index in [4.69, 9.17) is 21.1 Å². The van der Waals surface area contributed by atoms with Crippen LogP contribution in [-0.4, -0.2) is 32.4 Å². The Labute approximate surface area is 85.2 Å². The second kappa shape index (κ2) is 4.16. The summed E-state index contributed by atoms with van der Waals surface area (Å²) >= 11 is 0. The Kier molecular flexibility index (Phi) is 3.13. The lowest BCUT2D eigenvalue weighted by Gasteiger charge is -2.15. The van der Waals surface area contributed by atoms with Crippen LogP contribution < -0.4 is 5.73 Å². The maximum absolute atomic E-state index is 10.5. The topological polar surface area (TPSA) is 124 Å². The zero-order valence-corrected chi connectivity index (χ0v) is 7.66. The fourth-order valence-corrected chi connectivity index (χ4v) is 1.07. The molecule has 0 amide bonds. The number of aliphatic hydroxyl groups is 1. The molecule has 0 spiro atoms. The van der Waals surface area contributed by atoms with Crippen molar-refractivity contribution in [3.05, 3.63) is 23.8 Å². The van der Waals surface area contributed by atoms with Gasteiger partial charge in [0.1, 0.15) is 12.1 Å². The molecular formula is C9H11NO5. The molecule has 0 heterocycles. The Morgan fingerprint density at radius 3 is 2.33 bits per heavy atom. The number of benzene rings is 1. The summed E-state index contributed by atoms with van der Waals surface area (Å²) in [5.41, 5.74) is 5.31. The van der Waals surface area contributed by atoms with Crippen LogP contribution in [0.3, 0.4) is 0 Å². The summed E-state index contributed by atoms with van der Waals surface area (Å²) in [6.07, 6.45) is -1.44. The molecular weight excluding hydrogens is 202 g/mol. The highest BCUT2D eigenvalue weighted by atomic mass is 16.4. The monoisotopic (exact) mass is 213 g/mol. The van der Waals surface area contributed by atoms with Crippen molar-refractivity contribution in [2.75, 3.05) is 0 Å². The molecule has 1 aromatic carbocycles. The van der Waals surface area contributed by atoms with Crippen molar-refractivity contribution in [3.63, 3.8) is 0 Å². The van der Waals surface area contributed by atoms with Gasteiger partial charge in [0.05, 0.1) is 0 Å². The standard InChI is InChI=1S/C9H11NO5/c10-7(9(14)15)8(13)4-1-2-5(11)6(12)3-4/h1-3,7-8,11-13H,10H2,(H,14,15)/t7-,8?/m0/s1. The summed E-state index contributed by atoms with van der Waals surface area (Å²) in [5.74, 6) is -2.14. The first-order valence-corrected chi connectivity index (χ1v) is 4.12. The van der Waals surface area contributed by atoms with Crippen LogP contribution >= 0.6 is 0 Å². The first-order chi connectivity index (χ1) is 6.93. The van der Waals surface area contributed by atoms with E-state index in [1.54, 1.807) is 0 Å². The number of hydrogen-bond acceptors (Lipinski definition) is 5. The molecule has 0 saturated carbocycles. The lowest BCUT2D eigenvalue weighted by atomic mass is 10.0. The quantitative estimate of drug-likeness (QED) is 0.433. The summed E-state index contributed by atoms with van der Waals surface area (Å²) in [4.78, 5) is 10.5. The fourth-order valence-electron chi connectivity index (χ4n) is 1.07. The molecule has 6 N–H and O–H groups in total. The van der Waals surface area contributed by atoms with Gasteiger partial charge in [-0.2, -0.15) is 0 Å². The van der Waals surface area contributed by atoms with Crippen LogP contribution in [0.25, 0.3) is 0 Å². The number of aromatic hydroxyl groups is 2. The van der Waals surface area contributed by atoms with Gasteiger partial charge >= 0.3 is 5.97 Å². The molecule has 0 bridgehead atoms. The smallest absolute Gasteiger partial charge is 0.323 e. The van der Waals surface area contributed by atoms with Gasteiger partial charge in [-0.25, -0.2) is 0 Å². The number of phenolic OH excluding ortho intramolecular Hbond substituents is 2. The van der Waals surface area contributed by atoms with E-state index in [0.717, 1.165) is 12.1 Å². The number of carboxylic acid groups (broad SMARTS) is 1. The van der Waals surface area contributed by atoms with Gasteiger partial charge in [0.15, 0.2) is 11.5 Å². The number of aliphatic hydroxyl groups excluding tert-OH is 1. The number of phenols is 2. The molecule has 6 heteroatoms. The van der Waals surface area contributed by atoms with Gasteiger partial charge in [-0.1, -0.05) is 6.07 Å². The molecule has 0 aromatic heterocycles. The first-order valence-electron chi connectivity index (χ1n) is 4.12. The predicted octanol–water partition coefficient (Wildman–Crippen LogP) is -0.457. The van der Waals surface area contributed by atoms with Crippen LogP contribution in [0, 0.1) is 0 Å². The lowest BCUT2D eigenvalue weighted by Crippen LogP contribution is -2.36. The molecule has 1 aromatic rings. The molecule has 0 fully saturated rings. The Bertz CT molecular complexity index is 379. The number of nitrogens with two attached hydrogens (primary N) is 1. The van der Waals surface area contributed by atoms with Crippen LogP contribution in [0.2, 0.25) is 0 Å². The van der Waals surface area contributed by atoms with Gasteiger partial charge in [-0.15, -0.1) is 0 Å². The van der Waals surface area contributed by atoms with E-state index in [1.165, 1.54) is 6.07 Å². The molecule has 6 nitrogen and oxygen atoms in total. The van der Waals surface area contributed by atoms with Gasteiger partial charge in [0.25, 0.3) is 0 Å². The van der Waals surface area contributed by atoms with Crippen molar-refractivity contribution >= 4 is 5.97 Å². The van der Waals surface area contributed by atoms with Crippen LogP contribution in [0.15, 0.2) is 18.2 Å². The van der Waals surface area contributed by atoms with Crippen LogP contribution in [0.1, 0.15) is 11.7 Å². The van der Waals surface area contributed by atoms with Crippen molar-refractivity contribution in [1.29, 1.82) is 0 Å². The third-order valence-corrected chi connectivity index (χ3v) is 1.97. The van der Waals surface area contributed by atoms with Crippen molar-refractivity contribution < 1.29 is 25.2 Å².